The van der Waals surface area contributed by atoms with Gasteiger partial charge in [-0.05, 0) is 30.9 Å². The summed E-state index contributed by atoms with van der Waals surface area (Å²) in [6, 6.07) is 5.90. The molecule has 1 N–H and O–H groups in total. The number of benzene rings is 1. The number of phenolic OH excluding ortho intramolecular Hbond substituents is 1. The highest BCUT2D eigenvalue weighted by atomic mass is 16.3. The lowest BCUT2D eigenvalue weighted by Gasteiger charge is -2.14. The molecule has 0 heterocycles. The maximum absolute atomic E-state index is 9.85. The maximum atomic E-state index is 9.85. The molecule has 1 aromatic carbocycles. The van der Waals surface area contributed by atoms with Gasteiger partial charge in [0.05, 0.1) is 0 Å². The Balaban J connectivity index is 2.41. The van der Waals surface area contributed by atoms with Crippen LogP contribution in [0.15, 0.2) is 18.2 Å². The van der Waals surface area contributed by atoms with Gasteiger partial charge in [-0.2, -0.15) is 0 Å². The molecule has 0 fully saturated rings. The van der Waals surface area contributed by atoms with Crippen molar-refractivity contribution in [2.24, 2.45) is 0 Å². The Morgan fingerprint density at radius 2 is 1.82 bits per heavy atom. The molecular weight excluding hydrogens is 208 g/mol. The normalized spacial score (nSPS) is 12.6. The molecule has 0 radical (unpaired) electrons. The lowest BCUT2D eigenvalue weighted by molar-refractivity contribution is 0.457. The van der Waals surface area contributed by atoms with Crippen molar-refractivity contribution in [1.82, 2.24) is 0 Å². The second-order valence-corrected chi connectivity index (χ2v) is 5.17. The zero-order chi connectivity index (χ0) is 12.7. The zero-order valence-electron chi connectivity index (χ0n) is 11.5. The van der Waals surface area contributed by atoms with Crippen molar-refractivity contribution in [1.29, 1.82) is 0 Å². The van der Waals surface area contributed by atoms with Crippen molar-refractivity contribution in [3.05, 3.63) is 29.3 Å². The largest absolute Gasteiger partial charge is 0.508 e. The van der Waals surface area contributed by atoms with E-state index >= 15 is 0 Å². The van der Waals surface area contributed by atoms with Crippen molar-refractivity contribution in [3.8, 4) is 5.75 Å². The molecule has 0 aliphatic rings. The summed E-state index contributed by atoms with van der Waals surface area (Å²) in [4.78, 5) is 0. The second-order valence-electron chi connectivity index (χ2n) is 5.17. The van der Waals surface area contributed by atoms with Crippen molar-refractivity contribution < 1.29 is 5.11 Å². The summed E-state index contributed by atoms with van der Waals surface area (Å²) >= 11 is 0. The Bertz CT molecular complexity index is 330. The van der Waals surface area contributed by atoms with Crippen LogP contribution in [0.1, 0.15) is 69.4 Å². The Labute approximate surface area is 106 Å². The Morgan fingerprint density at radius 3 is 2.53 bits per heavy atom. The highest BCUT2D eigenvalue weighted by molar-refractivity contribution is 5.37. The molecule has 1 aromatic rings. The van der Waals surface area contributed by atoms with E-state index in [0.29, 0.717) is 11.7 Å². The van der Waals surface area contributed by atoms with Crippen molar-refractivity contribution >= 4 is 0 Å². The molecule has 0 amide bonds. The summed E-state index contributed by atoms with van der Waals surface area (Å²) in [7, 11) is 0. The summed E-state index contributed by atoms with van der Waals surface area (Å²) in [5.41, 5.74) is 2.34. The fraction of sp³-hybridized carbons (Fsp3) is 0.625. The number of aryl methyl sites for hydroxylation is 1. The minimum absolute atomic E-state index is 0.455. The van der Waals surface area contributed by atoms with E-state index in [1.165, 1.54) is 44.1 Å². The average molecular weight is 234 g/mol. The van der Waals surface area contributed by atoms with Gasteiger partial charge >= 0.3 is 0 Å². The summed E-state index contributed by atoms with van der Waals surface area (Å²) in [5, 5.41) is 9.85. The Kier molecular flexibility index (Phi) is 6.10. The van der Waals surface area contributed by atoms with Crippen LogP contribution in [0.2, 0.25) is 0 Å². The lowest BCUT2D eigenvalue weighted by atomic mass is 9.93. The third-order valence-electron chi connectivity index (χ3n) is 3.45. The van der Waals surface area contributed by atoms with Gasteiger partial charge in [-0.25, -0.2) is 0 Å². The standard InChI is InChI=1S/C16H26O/c1-4-5-6-7-8-9-14(3)15-12-13(2)10-11-16(15)17/h10-12,14,17H,4-9H2,1-3H3. The summed E-state index contributed by atoms with van der Waals surface area (Å²) in [6.07, 6.45) is 7.78. The number of rotatable bonds is 7. The van der Waals surface area contributed by atoms with Gasteiger partial charge in [-0.1, -0.05) is 63.6 Å². The van der Waals surface area contributed by atoms with E-state index in [-0.39, 0.29) is 0 Å². The lowest BCUT2D eigenvalue weighted by Crippen LogP contribution is -1.95. The predicted molar refractivity (Wildman–Crippen MR) is 74.6 cm³/mol. The predicted octanol–water partition coefficient (Wildman–Crippen LogP) is 5.16. The monoisotopic (exact) mass is 234 g/mol. The summed E-state index contributed by atoms with van der Waals surface area (Å²) in [5.74, 6) is 0.924. The highest BCUT2D eigenvalue weighted by Crippen LogP contribution is 2.30. The van der Waals surface area contributed by atoms with Crippen LogP contribution in [0.4, 0.5) is 0 Å². The van der Waals surface area contributed by atoms with Gasteiger partial charge in [0.15, 0.2) is 0 Å². The maximum Gasteiger partial charge on any atom is 0.119 e. The van der Waals surface area contributed by atoms with Gasteiger partial charge < -0.3 is 5.11 Å². The first-order valence-corrected chi connectivity index (χ1v) is 6.94. The first-order valence-electron chi connectivity index (χ1n) is 6.94. The minimum Gasteiger partial charge on any atom is -0.508 e. The fourth-order valence-corrected chi connectivity index (χ4v) is 2.28. The summed E-state index contributed by atoms with van der Waals surface area (Å²) in [6.45, 7) is 6.54. The van der Waals surface area contributed by atoms with Gasteiger partial charge in [-0.15, -0.1) is 0 Å². The van der Waals surface area contributed by atoms with Crippen LogP contribution in [0.25, 0.3) is 0 Å². The molecule has 96 valence electrons. The molecule has 17 heavy (non-hydrogen) atoms. The van der Waals surface area contributed by atoms with Crippen LogP contribution < -0.4 is 0 Å². The topological polar surface area (TPSA) is 20.2 Å². The van der Waals surface area contributed by atoms with E-state index < -0.39 is 0 Å². The van der Waals surface area contributed by atoms with E-state index in [9.17, 15) is 5.11 Å². The van der Waals surface area contributed by atoms with E-state index in [4.69, 9.17) is 0 Å². The fourth-order valence-electron chi connectivity index (χ4n) is 2.28. The van der Waals surface area contributed by atoms with Gasteiger partial charge in [-0.3, -0.25) is 0 Å². The van der Waals surface area contributed by atoms with Gasteiger partial charge in [0.2, 0.25) is 0 Å². The molecule has 0 saturated heterocycles. The van der Waals surface area contributed by atoms with E-state index in [2.05, 4.69) is 26.8 Å². The molecule has 0 aliphatic heterocycles. The molecule has 1 atom stereocenters. The molecule has 1 unspecified atom stereocenters. The number of hydrogen-bond acceptors (Lipinski definition) is 1. The molecular formula is C16H26O. The van der Waals surface area contributed by atoms with Crippen LogP contribution in [-0.2, 0) is 0 Å². The molecule has 0 saturated carbocycles. The van der Waals surface area contributed by atoms with E-state index in [1.54, 1.807) is 0 Å². The molecule has 1 heteroatoms. The van der Waals surface area contributed by atoms with Gasteiger partial charge in [0.1, 0.15) is 5.75 Å². The Hall–Kier alpha value is -0.980. The van der Waals surface area contributed by atoms with Crippen molar-refractivity contribution in [2.45, 2.75) is 65.2 Å². The molecule has 0 aromatic heterocycles. The Morgan fingerprint density at radius 1 is 1.12 bits per heavy atom. The molecule has 0 bridgehead atoms. The second kappa shape index (κ2) is 7.37. The number of unbranched alkanes of at least 4 members (excludes halogenated alkanes) is 4. The molecule has 1 rings (SSSR count). The SMILES string of the molecule is CCCCCCCC(C)c1cc(C)ccc1O. The van der Waals surface area contributed by atoms with Crippen molar-refractivity contribution in [2.75, 3.05) is 0 Å². The molecule has 0 spiro atoms. The van der Waals surface area contributed by atoms with Crippen LogP contribution >= 0.6 is 0 Å². The van der Waals surface area contributed by atoms with E-state index in [0.717, 1.165) is 5.56 Å². The van der Waals surface area contributed by atoms with Crippen LogP contribution in [0, 0.1) is 6.92 Å². The van der Waals surface area contributed by atoms with Gasteiger partial charge in [0.25, 0.3) is 0 Å². The van der Waals surface area contributed by atoms with Crippen molar-refractivity contribution in [3.63, 3.8) is 0 Å². The van der Waals surface area contributed by atoms with Crippen LogP contribution in [0.3, 0.4) is 0 Å². The number of phenols is 1. The average Bonchev–Trinajstić information content (AvgIpc) is 2.32. The van der Waals surface area contributed by atoms with E-state index in [1.807, 2.05) is 12.1 Å². The zero-order valence-corrected chi connectivity index (χ0v) is 11.5. The minimum atomic E-state index is 0.455. The summed E-state index contributed by atoms with van der Waals surface area (Å²) < 4.78 is 0. The van der Waals surface area contributed by atoms with Gasteiger partial charge in [0, 0.05) is 0 Å². The molecule has 1 nitrogen and oxygen atoms in total. The number of aromatic hydroxyl groups is 1. The van der Waals surface area contributed by atoms with Crippen LogP contribution in [-0.4, -0.2) is 5.11 Å². The third-order valence-corrected chi connectivity index (χ3v) is 3.45. The quantitative estimate of drug-likeness (QED) is 0.646. The highest BCUT2D eigenvalue weighted by Gasteiger charge is 2.10. The van der Waals surface area contributed by atoms with Crippen LogP contribution in [0.5, 0.6) is 5.75 Å². The third kappa shape index (κ3) is 4.80. The number of hydrogen-bond donors (Lipinski definition) is 1. The smallest absolute Gasteiger partial charge is 0.119 e. The first-order chi connectivity index (χ1) is 8.15. The first kappa shape index (κ1) is 14.1. The molecule has 0 aliphatic carbocycles.